The van der Waals surface area contributed by atoms with Crippen LogP contribution in [0.1, 0.15) is 32.8 Å². The molecule has 1 unspecified atom stereocenters. The molecule has 1 amide bonds. The number of aryl methyl sites for hydroxylation is 1. The van der Waals surface area contributed by atoms with Crippen molar-refractivity contribution in [3.8, 4) is 21.7 Å². The number of rotatable bonds is 12. The van der Waals surface area contributed by atoms with Crippen molar-refractivity contribution in [2.24, 2.45) is 0 Å². The predicted molar refractivity (Wildman–Crippen MR) is 150 cm³/mol. The first-order chi connectivity index (χ1) is 18.5. The molecule has 4 aromatic rings. The van der Waals surface area contributed by atoms with Gasteiger partial charge in [-0.05, 0) is 61.3 Å². The number of carboxylic acid groups (broad SMARTS) is 1. The highest BCUT2D eigenvalue weighted by Crippen LogP contribution is 2.29. The van der Waals surface area contributed by atoms with Crippen molar-refractivity contribution in [1.82, 2.24) is 15.6 Å². The van der Waals surface area contributed by atoms with Crippen LogP contribution in [0, 0.1) is 6.92 Å². The first kappa shape index (κ1) is 27.2. The number of hydrogen-bond acceptors (Lipinski definition) is 6. The fourth-order valence-corrected chi connectivity index (χ4v) is 4.97. The van der Waals surface area contributed by atoms with E-state index in [1.54, 1.807) is 24.5 Å². The van der Waals surface area contributed by atoms with Gasteiger partial charge in [-0.3, -0.25) is 4.79 Å². The Kier molecular flexibility index (Phi) is 9.37. The molecule has 38 heavy (non-hydrogen) atoms. The molecule has 3 aromatic carbocycles. The monoisotopic (exact) mass is 529 g/mol. The molecule has 1 heterocycles. The summed E-state index contributed by atoms with van der Waals surface area (Å²) in [7, 11) is 1.75. The van der Waals surface area contributed by atoms with E-state index in [0.717, 1.165) is 37.7 Å². The fourth-order valence-electron chi connectivity index (χ4n) is 4.12. The van der Waals surface area contributed by atoms with E-state index >= 15 is 0 Å². The molecule has 3 N–H and O–H groups in total. The van der Waals surface area contributed by atoms with E-state index in [9.17, 15) is 14.7 Å². The van der Waals surface area contributed by atoms with E-state index in [0.29, 0.717) is 25.3 Å². The number of ether oxygens (including phenoxy) is 1. The number of aliphatic carboxylic acids is 1. The molecular formula is C30H31N3O4S. The highest BCUT2D eigenvalue weighted by molar-refractivity contribution is 7.15. The number of hydrogen-bond donors (Lipinski definition) is 3. The Morgan fingerprint density at radius 1 is 1.00 bits per heavy atom. The molecule has 7 nitrogen and oxygen atoms in total. The van der Waals surface area contributed by atoms with Crippen LogP contribution in [0.5, 0.6) is 0 Å². The van der Waals surface area contributed by atoms with E-state index in [1.165, 1.54) is 0 Å². The molecule has 1 atom stereocenters. The van der Waals surface area contributed by atoms with Crippen molar-refractivity contribution in [3.05, 3.63) is 101 Å². The highest BCUT2D eigenvalue weighted by Gasteiger charge is 2.22. The standard InChI is InChI=1S/C30H31N3O4S/c1-20-8-6-7-11-24(20)26-16-21(12-13-25(26)28(34)33-27(30(35)36)14-15-31-2)18-37-19-23-17-32-29(38-23)22-9-4-3-5-10-22/h3-13,16-17,27,31H,14-15,18-19H2,1-2H3,(H,33,34)(H,35,36). The summed E-state index contributed by atoms with van der Waals surface area (Å²) >= 11 is 1.60. The number of thiazole rings is 1. The van der Waals surface area contributed by atoms with E-state index in [4.69, 9.17) is 4.74 Å². The molecule has 0 aliphatic heterocycles. The number of nitrogens with one attached hydrogen (secondary N) is 2. The Labute approximate surface area is 226 Å². The minimum Gasteiger partial charge on any atom is -0.480 e. The molecule has 0 bridgehead atoms. The van der Waals surface area contributed by atoms with Crippen LogP contribution >= 0.6 is 11.3 Å². The normalized spacial score (nSPS) is 11.7. The summed E-state index contributed by atoms with van der Waals surface area (Å²) in [6.45, 7) is 3.25. The molecule has 0 saturated carbocycles. The van der Waals surface area contributed by atoms with Gasteiger partial charge in [-0.2, -0.15) is 0 Å². The number of aromatic nitrogens is 1. The van der Waals surface area contributed by atoms with Crippen LogP contribution in [-0.4, -0.2) is 41.6 Å². The smallest absolute Gasteiger partial charge is 0.326 e. The van der Waals surface area contributed by atoms with Gasteiger partial charge in [-0.25, -0.2) is 9.78 Å². The van der Waals surface area contributed by atoms with Crippen LogP contribution in [0.4, 0.5) is 0 Å². The zero-order valence-corrected chi connectivity index (χ0v) is 22.3. The van der Waals surface area contributed by atoms with Gasteiger partial charge in [0.2, 0.25) is 0 Å². The van der Waals surface area contributed by atoms with Gasteiger partial charge in [0.25, 0.3) is 5.91 Å². The van der Waals surface area contributed by atoms with Crippen LogP contribution in [0.3, 0.4) is 0 Å². The maximum atomic E-state index is 13.2. The second-order valence-electron chi connectivity index (χ2n) is 8.94. The first-order valence-corrected chi connectivity index (χ1v) is 13.2. The molecule has 0 aliphatic rings. The van der Waals surface area contributed by atoms with Crippen molar-refractivity contribution in [2.45, 2.75) is 32.6 Å². The van der Waals surface area contributed by atoms with Crippen LogP contribution < -0.4 is 10.6 Å². The number of carboxylic acids is 1. The quantitative estimate of drug-likeness (QED) is 0.230. The van der Waals surface area contributed by atoms with Gasteiger partial charge < -0.3 is 20.5 Å². The van der Waals surface area contributed by atoms with Gasteiger partial charge >= 0.3 is 5.97 Å². The Bertz CT molecular complexity index is 1390. The fraction of sp³-hybridized carbons (Fsp3) is 0.233. The summed E-state index contributed by atoms with van der Waals surface area (Å²) in [5.41, 5.74) is 5.09. The van der Waals surface area contributed by atoms with E-state index < -0.39 is 17.9 Å². The number of carbonyl (C=O) groups is 2. The topological polar surface area (TPSA) is 101 Å². The van der Waals surface area contributed by atoms with Crippen molar-refractivity contribution in [1.29, 1.82) is 0 Å². The lowest BCUT2D eigenvalue weighted by atomic mass is 9.93. The molecule has 196 valence electrons. The van der Waals surface area contributed by atoms with Gasteiger partial charge in [0.1, 0.15) is 11.0 Å². The van der Waals surface area contributed by atoms with E-state index in [1.807, 2.05) is 79.9 Å². The average molecular weight is 530 g/mol. The zero-order valence-electron chi connectivity index (χ0n) is 21.4. The highest BCUT2D eigenvalue weighted by atomic mass is 32.1. The van der Waals surface area contributed by atoms with Gasteiger partial charge in [-0.15, -0.1) is 11.3 Å². The van der Waals surface area contributed by atoms with Gasteiger partial charge in [0.05, 0.1) is 18.1 Å². The van der Waals surface area contributed by atoms with Gasteiger partial charge in [0.15, 0.2) is 0 Å². The number of benzene rings is 3. The molecule has 8 heteroatoms. The Morgan fingerprint density at radius 2 is 1.76 bits per heavy atom. The number of nitrogens with zero attached hydrogens (tertiary/aromatic N) is 1. The van der Waals surface area contributed by atoms with Crippen LogP contribution in [0.15, 0.2) is 79.0 Å². The second-order valence-corrected chi connectivity index (χ2v) is 10.1. The zero-order chi connectivity index (χ0) is 26.9. The molecule has 0 saturated heterocycles. The lowest BCUT2D eigenvalue weighted by Crippen LogP contribution is -2.42. The molecule has 0 fully saturated rings. The molecule has 1 aromatic heterocycles. The predicted octanol–water partition coefficient (Wildman–Crippen LogP) is 5.29. The summed E-state index contributed by atoms with van der Waals surface area (Å²) in [6.07, 6.45) is 2.12. The largest absolute Gasteiger partial charge is 0.480 e. The maximum absolute atomic E-state index is 13.2. The van der Waals surface area contributed by atoms with Crippen LogP contribution in [0.25, 0.3) is 21.7 Å². The van der Waals surface area contributed by atoms with Gasteiger partial charge in [0, 0.05) is 17.3 Å². The number of carbonyl (C=O) groups excluding carboxylic acids is 1. The Balaban J connectivity index is 1.51. The van der Waals surface area contributed by atoms with Crippen molar-refractivity contribution in [3.63, 3.8) is 0 Å². The Hall–Kier alpha value is -3.85. The maximum Gasteiger partial charge on any atom is 0.326 e. The average Bonchev–Trinajstić information content (AvgIpc) is 3.40. The summed E-state index contributed by atoms with van der Waals surface area (Å²) in [5, 5.41) is 16.1. The molecule has 0 aliphatic carbocycles. The van der Waals surface area contributed by atoms with Crippen molar-refractivity contribution in [2.75, 3.05) is 13.6 Å². The summed E-state index contributed by atoms with van der Waals surface area (Å²) in [4.78, 5) is 30.5. The summed E-state index contributed by atoms with van der Waals surface area (Å²) in [5.74, 6) is -1.48. The number of amides is 1. The lowest BCUT2D eigenvalue weighted by molar-refractivity contribution is -0.139. The third-order valence-corrected chi connectivity index (χ3v) is 7.16. The summed E-state index contributed by atoms with van der Waals surface area (Å²) < 4.78 is 6.00. The lowest BCUT2D eigenvalue weighted by Gasteiger charge is -2.18. The second kappa shape index (κ2) is 13.1. The molecule has 4 rings (SSSR count). The first-order valence-electron chi connectivity index (χ1n) is 12.4. The molecule has 0 spiro atoms. The SMILES string of the molecule is CNCCC(NC(=O)c1ccc(COCc2cnc(-c3ccccc3)s2)cc1-c1ccccc1C)C(=O)O. The van der Waals surface area contributed by atoms with Crippen LogP contribution in [0.2, 0.25) is 0 Å². The van der Waals surface area contributed by atoms with Crippen molar-refractivity contribution >= 4 is 23.2 Å². The Morgan fingerprint density at radius 3 is 2.50 bits per heavy atom. The third-order valence-electron chi connectivity index (χ3n) is 6.14. The molecular weight excluding hydrogens is 498 g/mol. The van der Waals surface area contributed by atoms with Crippen LogP contribution in [-0.2, 0) is 22.7 Å². The molecule has 0 radical (unpaired) electrons. The van der Waals surface area contributed by atoms with E-state index in [2.05, 4.69) is 15.6 Å². The minimum absolute atomic E-state index is 0.284. The van der Waals surface area contributed by atoms with E-state index in [-0.39, 0.29) is 6.42 Å². The van der Waals surface area contributed by atoms with Gasteiger partial charge in [-0.1, -0.05) is 60.7 Å². The summed E-state index contributed by atoms with van der Waals surface area (Å²) in [6, 6.07) is 22.4. The third kappa shape index (κ3) is 6.92. The van der Waals surface area contributed by atoms with Crippen molar-refractivity contribution < 1.29 is 19.4 Å². The minimum atomic E-state index is -1.06.